The number of hydrogen-bond donors (Lipinski definition) is 6. The number of carboxylic acids is 2. The molecular formula is C22H27N3O5. The zero-order valence-electron chi connectivity index (χ0n) is 16.9. The van der Waals surface area contributed by atoms with Gasteiger partial charge in [0, 0.05) is 29.9 Å². The molecule has 8 nitrogen and oxygen atoms in total. The summed E-state index contributed by atoms with van der Waals surface area (Å²) in [6.45, 7) is 2.99. The summed E-state index contributed by atoms with van der Waals surface area (Å²) in [5.41, 5.74) is 11.5. The van der Waals surface area contributed by atoms with Gasteiger partial charge in [0.15, 0.2) is 0 Å². The number of aromatic amines is 1. The van der Waals surface area contributed by atoms with Crippen LogP contribution in [0.4, 0.5) is 0 Å². The van der Waals surface area contributed by atoms with Crippen molar-refractivity contribution in [3.05, 3.63) is 65.9 Å². The molecule has 3 rings (SSSR count). The monoisotopic (exact) mass is 413 g/mol. The Kier molecular flexibility index (Phi) is 6.86. The van der Waals surface area contributed by atoms with Gasteiger partial charge >= 0.3 is 11.9 Å². The van der Waals surface area contributed by atoms with E-state index < -0.39 is 23.0 Å². The number of para-hydroxylation sites is 1. The number of benzene rings is 2. The van der Waals surface area contributed by atoms with Crippen LogP contribution in [0.3, 0.4) is 0 Å². The molecule has 8 heteroatoms. The van der Waals surface area contributed by atoms with E-state index in [4.69, 9.17) is 26.8 Å². The molecule has 0 bridgehead atoms. The molecule has 1 aromatic heterocycles. The first kappa shape index (κ1) is 22.9. The average molecular weight is 413 g/mol. The fourth-order valence-corrected chi connectivity index (χ4v) is 2.86. The van der Waals surface area contributed by atoms with E-state index in [9.17, 15) is 9.59 Å². The molecular weight excluding hydrogens is 386 g/mol. The summed E-state index contributed by atoms with van der Waals surface area (Å²) in [6.07, 6.45) is 2.37. The molecule has 0 aliphatic rings. The predicted octanol–water partition coefficient (Wildman–Crippen LogP) is 2.25. The maximum Gasteiger partial charge on any atom is 0.323 e. The van der Waals surface area contributed by atoms with Gasteiger partial charge < -0.3 is 31.8 Å². The number of hydrogen-bond acceptors (Lipinski definition) is 5. The molecule has 2 atom stereocenters. The van der Waals surface area contributed by atoms with Crippen LogP contribution in [0.5, 0.6) is 5.75 Å². The van der Waals surface area contributed by atoms with Crippen molar-refractivity contribution in [1.82, 2.24) is 4.98 Å². The standard InChI is InChI=1S/C12H14N2O2.C10H13NO3/c1-12(13,11(15)16)6-8-7-14-10-5-3-2-4-9(8)10;1-10(11,9(13)14)6-7-2-4-8(12)5-3-7/h2-5,7,14H,6,13H2,1H3,(H,15,16);2-5,12H,6,11H2,1H3,(H,13,14)/t12-;10-/m00/s1. The summed E-state index contributed by atoms with van der Waals surface area (Å²) >= 11 is 0. The molecule has 30 heavy (non-hydrogen) atoms. The van der Waals surface area contributed by atoms with Crippen molar-refractivity contribution in [1.29, 1.82) is 0 Å². The van der Waals surface area contributed by atoms with Gasteiger partial charge in [0.1, 0.15) is 16.8 Å². The van der Waals surface area contributed by atoms with Crippen LogP contribution in [0.25, 0.3) is 10.9 Å². The minimum absolute atomic E-state index is 0.155. The number of aromatic nitrogens is 1. The lowest BCUT2D eigenvalue weighted by Crippen LogP contribution is -2.46. The van der Waals surface area contributed by atoms with Crippen molar-refractivity contribution in [2.24, 2.45) is 11.5 Å². The lowest BCUT2D eigenvalue weighted by molar-refractivity contribution is -0.143. The molecule has 0 spiro atoms. The van der Waals surface area contributed by atoms with E-state index >= 15 is 0 Å². The third-order valence-electron chi connectivity index (χ3n) is 4.72. The minimum atomic E-state index is -1.27. The molecule has 2 aromatic carbocycles. The van der Waals surface area contributed by atoms with Gasteiger partial charge in [0.05, 0.1) is 0 Å². The first-order valence-corrected chi connectivity index (χ1v) is 9.30. The van der Waals surface area contributed by atoms with E-state index in [0.29, 0.717) is 6.42 Å². The first-order valence-electron chi connectivity index (χ1n) is 9.30. The van der Waals surface area contributed by atoms with Crippen molar-refractivity contribution in [2.75, 3.05) is 0 Å². The molecule has 0 saturated heterocycles. The second-order valence-corrected chi connectivity index (χ2v) is 7.82. The molecule has 160 valence electrons. The van der Waals surface area contributed by atoms with Crippen LogP contribution in [0.1, 0.15) is 25.0 Å². The van der Waals surface area contributed by atoms with Crippen molar-refractivity contribution in [3.63, 3.8) is 0 Å². The molecule has 0 fully saturated rings. The lowest BCUT2D eigenvalue weighted by Gasteiger charge is -2.18. The number of aromatic hydroxyl groups is 1. The maximum absolute atomic E-state index is 10.9. The average Bonchev–Trinajstić information content (AvgIpc) is 3.06. The molecule has 0 amide bonds. The highest BCUT2D eigenvalue weighted by molar-refractivity contribution is 5.85. The number of aliphatic carboxylic acids is 2. The number of nitrogens with one attached hydrogen (secondary N) is 1. The fourth-order valence-electron chi connectivity index (χ4n) is 2.86. The molecule has 3 aromatic rings. The summed E-state index contributed by atoms with van der Waals surface area (Å²) in [5, 5.41) is 27.8. The lowest BCUT2D eigenvalue weighted by atomic mass is 9.94. The van der Waals surface area contributed by atoms with E-state index in [-0.39, 0.29) is 12.2 Å². The summed E-state index contributed by atoms with van der Waals surface area (Å²) in [7, 11) is 0. The van der Waals surface area contributed by atoms with E-state index in [0.717, 1.165) is 22.0 Å². The molecule has 0 unspecified atom stereocenters. The summed E-state index contributed by atoms with van der Waals surface area (Å²) in [4.78, 5) is 24.8. The second kappa shape index (κ2) is 8.98. The summed E-state index contributed by atoms with van der Waals surface area (Å²) in [5.74, 6) is -1.87. The number of carboxylic acid groups (broad SMARTS) is 2. The fraction of sp³-hybridized carbons (Fsp3) is 0.273. The smallest absolute Gasteiger partial charge is 0.323 e. The van der Waals surface area contributed by atoms with Crippen LogP contribution in [-0.4, -0.2) is 43.3 Å². The number of phenols is 1. The van der Waals surface area contributed by atoms with Gasteiger partial charge in [-0.3, -0.25) is 9.59 Å². The highest BCUT2D eigenvalue weighted by Crippen LogP contribution is 2.21. The Morgan fingerprint density at radius 3 is 2.00 bits per heavy atom. The molecule has 0 saturated carbocycles. The normalized spacial score (nSPS) is 14.8. The number of rotatable bonds is 6. The molecule has 1 heterocycles. The van der Waals surface area contributed by atoms with Crippen LogP contribution in [0.2, 0.25) is 0 Å². The highest BCUT2D eigenvalue weighted by Gasteiger charge is 2.29. The van der Waals surface area contributed by atoms with Crippen LogP contribution in [0, 0.1) is 0 Å². The van der Waals surface area contributed by atoms with E-state index in [2.05, 4.69) is 4.98 Å². The zero-order chi connectivity index (χ0) is 22.5. The zero-order valence-corrected chi connectivity index (χ0v) is 16.9. The maximum atomic E-state index is 10.9. The minimum Gasteiger partial charge on any atom is -0.508 e. The van der Waals surface area contributed by atoms with Gasteiger partial charge in [-0.1, -0.05) is 30.3 Å². The number of fused-ring (bicyclic) bond motifs is 1. The Morgan fingerprint density at radius 2 is 1.43 bits per heavy atom. The van der Waals surface area contributed by atoms with Gasteiger partial charge in [-0.25, -0.2) is 0 Å². The number of carbonyl (C=O) groups is 2. The summed E-state index contributed by atoms with van der Waals surface area (Å²) in [6, 6.07) is 14.1. The van der Waals surface area contributed by atoms with Gasteiger partial charge in [-0.15, -0.1) is 0 Å². The number of H-pyrrole nitrogens is 1. The largest absolute Gasteiger partial charge is 0.508 e. The van der Waals surface area contributed by atoms with Crippen molar-refractivity contribution in [3.8, 4) is 5.75 Å². The van der Waals surface area contributed by atoms with Crippen molar-refractivity contribution in [2.45, 2.75) is 37.8 Å². The molecule has 0 aliphatic heterocycles. The van der Waals surface area contributed by atoms with Crippen LogP contribution < -0.4 is 11.5 Å². The van der Waals surface area contributed by atoms with Gasteiger partial charge in [-0.05, 0) is 43.2 Å². The van der Waals surface area contributed by atoms with Gasteiger partial charge in [-0.2, -0.15) is 0 Å². The van der Waals surface area contributed by atoms with Crippen molar-refractivity contribution < 1.29 is 24.9 Å². The predicted molar refractivity (Wildman–Crippen MR) is 114 cm³/mol. The Morgan fingerprint density at radius 1 is 0.900 bits per heavy atom. The SMILES string of the molecule is C[C@](N)(Cc1c[nH]c2ccccc12)C(=O)O.C[C@](N)(Cc1ccc(O)cc1)C(=O)O. The second-order valence-electron chi connectivity index (χ2n) is 7.82. The van der Waals surface area contributed by atoms with Gasteiger partial charge in [0.2, 0.25) is 0 Å². The molecule has 0 radical (unpaired) electrons. The quantitative estimate of drug-likeness (QED) is 0.361. The highest BCUT2D eigenvalue weighted by atomic mass is 16.4. The molecule has 0 aliphatic carbocycles. The van der Waals surface area contributed by atoms with Gasteiger partial charge in [0.25, 0.3) is 0 Å². The topological polar surface area (TPSA) is 163 Å². The number of phenolic OH excluding ortho intramolecular Hbond substituents is 1. The molecule has 8 N–H and O–H groups in total. The van der Waals surface area contributed by atoms with Crippen LogP contribution in [-0.2, 0) is 22.4 Å². The van der Waals surface area contributed by atoms with Crippen molar-refractivity contribution >= 4 is 22.8 Å². The van der Waals surface area contributed by atoms with E-state index in [1.54, 1.807) is 12.1 Å². The van der Waals surface area contributed by atoms with E-state index in [1.807, 2.05) is 30.5 Å². The Labute approximate surface area is 174 Å². The van der Waals surface area contributed by atoms with Crippen LogP contribution >= 0.6 is 0 Å². The first-order chi connectivity index (χ1) is 13.9. The van der Waals surface area contributed by atoms with Crippen LogP contribution in [0.15, 0.2) is 54.7 Å². The summed E-state index contributed by atoms with van der Waals surface area (Å²) < 4.78 is 0. The Balaban J connectivity index is 0.000000216. The number of nitrogens with two attached hydrogens (primary N) is 2. The third-order valence-corrected chi connectivity index (χ3v) is 4.72. The Hall–Kier alpha value is -3.36. The van der Waals surface area contributed by atoms with E-state index in [1.165, 1.54) is 26.0 Å². The third kappa shape index (κ3) is 5.82. The Bertz CT molecular complexity index is 1020.